The molecule has 0 saturated heterocycles. The van der Waals surface area contributed by atoms with Gasteiger partial charge >= 0.3 is 11.7 Å². The molecule has 0 radical (unpaired) electrons. The number of nitro groups is 2. The van der Waals surface area contributed by atoms with Crippen molar-refractivity contribution in [2.24, 2.45) is 5.10 Å². The predicted molar refractivity (Wildman–Crippen MR) is 90.5 cm³/mol. The van der Waals surface area contributed by atoms with Crippen LogP contribution in [0.1, 0.15) is 5.56 Å². The number of nitrogens with one attached hydrogen (secondary N) is 1. The standard InChI is InChI=1S/C15H12N4O7/c20-15(21)9-26-14-4-2-1-3-10(14)8-16-17-12-6-5-11(18(22)23)7-13(12)19(24)25/h1-8,17H,9H2,(H,20,21)/b16-8+. The largest absolute Gasteiger partial charge is 0.481 e. The van der Waals surface area contributed by atoms with E-state index < -0.39 is 33.8 Å². The highest BCUT2D eigenvalue weighted by molar-refractivity contribution is 5.84. The molecule has 134 valence electrons. The lowest BCUT2D eigenvalue weighted by Gasteiger charge is -2.06. The highest BCUT2D eigenvalue weighted by atomic mass is 16.6. The van der Waals surface area contributed by atoms with E-state index in [0.29, 0.717) is 5.56 Å². The molecule has 0 aliphatic rings. The van der Waals surface area contributed by atoms with Crippen LogP contribution in [-0.2, 0) is 4.79 Å². The van der Waals surface area contributed by atoms with Gasteiger partial charge in [0.15, 0.2) is 6.61 Å². The van der Waals surface area contributed by atoms with E-state index in [0.717, 1.165) is 12.1 Å². The number of para-hydroxylation sites is 1. The Kier molecular flexibility index (Phi) is 5.77. The Morgan fingerprint density at radius 1 is 1.19 bits per heavy atom. The molecule has 0 heterocycles. The lowest BCUT2D eigenvalue weighted by atomic mass is 10.2. The third-order valence-corrected chi connectivity index (χ3v) is 3.05. The van der Waals surface area contributed by atoms with E-state index in [2.05, 4.69) is 10.5 Å². The molecule has 0 amide bonds. The van der Waals surface area contributed by atoms with Crippen LogP contribution in [0, 0.1) is 20.2 Å². The lowest BCUT2D eigenvalue weighted by molar-refractivity contribution is -0.393. The number of rotatable bonds is 8. The van der Waals surface area contributed by atoms with Gasteiger partial charge in [0.05, 0.1) is 22.1 Å². The molecule has 0 fully saturated rings. The van der Waals surface area contributed by atoms with Crippen LogP contribution in [-0.4, -0.2) is 33.7 Å². The summed E-state index contributed by atoms with van der Waals surface area (Å²) in [5.74, 6) is -0.880. The molecule has 2 aromatic rings. The summed E-state index contributed by atoms with van der Waals surface area (Å²) in [6.45, 7) is -0.536. The minimum atomic E-state index is -1.14. The van der Waals surface area contributed by atoms with Crippen LogP contribution in [0.2, 0.25) is 0 Å². The van der Waals surface area contributed by atoms with Gasteiger partial charge in [-0.1, -0.05) is 12.1 Å². The van der Waals surface area contributed by atoms with Gasteiger partial charge in [-0.05, 0) is 18.2 Å². The van der Waals surface area contributed by atoms with Crippen molar-refractivity contribution in [3.63, 3.8) is 0 Å². The molecule has 0 spiro atoms. The van der Waals surface area contributed by atoms with Crippen LogP contribution in [0.25, 0.3) is 0 Å². The Balaban J connectivity index is 2.20. The number of aliphatic carboxylic acids is 1. The predicted octanol–water partition coefficient (Wildman–Crippen LogP) is 2.41. The topological polar surface area (TPSA) is 157 Å². The van der Waals surface area contributed by atoms with Crippen molar-refractivity contribution >= 4 is 29.2 Å². The number of hydrazone groups is 1. The van der Waals surface area contributed by atoms with E-state index in [-0.39, 0.29) is 11.4 Å². The molecule has 2 N–H and O–H groups in total. The number of carboxylic acids is 1. The Bertz CT molecular complexity index is 882. The zero-order valence-electron chi connectivity index (χ0n) is 13.1. The molecule has 0 atom stereocenters. The number of nitro benzene ring substituents is 2. The maximum Gasteiger partial charge on any atom is 0.341 e. The Labute approximate surface area is 145 Å². The van der Waals surface area contributed by atoms with Crippen LogP contribution in [0.3, 0.4) is 0 Å². The van der Waals surface area contributed by atoms with Gasteiger partial charge in [0.25, 0.3) is 5.69 Å². The van der Waals surface area contributed by atoms with Crippen molar-refractivity contribution in [1.82, 2.24) is 0 Å². The maximum atomic E-state index is 11.0. The number of nitrogens with zero attached hydrogens (tertiary/aromatic N) is 3. The first kappa shape index (κ1) is 18.3. The molecule has 11 heteroatoms. The van der Waals surface area contributed by atoms with Crippen molar-refractivity contribution < 1.29 is 24.5 Å². The summed E-state index contributed by atoms with van der Waals surface area (Å²) in [5.41, 5.74) is 1.90. The van der Waals surface area contributed by atoms with Gasteiger partial charge in [-0.2, -0.15) is 5.10 Å². The molecular weight excluding hydrogens is 348 g/mol. The fourth-order valence-corrected chi connectivity index (χ4v) is 1.91. The summed E-state index contributed by atoms with van der Waals surface area (Å²) in [5, 5.41) is 34.3. The lowest BCUT2D eigenvalue weighted by Crippen LogP contribution is -2.10. The van der Waals surface area contributed by atoms with Crippen LogP contribution < -0.4 is 10.2 Å². The van der Waals surface area contributed by atoms with E-state index in [1.807, 2.05) is 0 Å². The molecule has 0 aromatic heterocycles. The smallest absolute Gasteiger partial charge is 0.341 e. The molecule has 2 aromatic carbocycles. The van der Waals surface area contributed by atoms with Crippen molar-refractivity contribution in [2.75, 3.05) is 12.0 Å². The number of carboxylic acid groups (broad SMARTS) is 1. The molecule has 26 heavy (non-hydrogen) atoms. The van der Waals surface area contributed by atoms with Gasteiger partial charge in [-0.25, -0.2) is 4.79 Å². The molecule has 0 aliphatic heterocycles. The zero-order valence-corrected chi connectivity index (χ0v) is 13.1. The SMILES string of the molecule is O=C(O)COc1ccccc1/C=N/Nc1ccc([N+](=O)[O-])cc1[N+](=O)[O-]. The molecule has 0 unspecified atom stereocenters. The van der Waals surface area contributed by atoms with Crippen molar-refractivity contribution in [3.05, 3.63) is 68.3 Å². The second-order valence-electron chi connectivity index (χ2n) is 4.81. The molecule has 0 aliphatic carbocycles. The third-order valence-electron chi connectivity index (χ3n) is 3.05. The fourth-order valence-electron chi connectivity index (χ4n) is 1.91. The van der Waals surface area contributed by atoms with Gasteiger partial charge in [0, 0.05) is 11.6 Å². The molecule has 0 bridgehead atoms. The number of hydrogen-bond donors (Lipinski definition) is 2. The number of carbonyl (C=O) groups is 1. The summed E-state index contributed by atoms with van der Waals surface area (Å²) in [7, 11) is 0. The van der Waals surface area contributed by atoms with Crippen LogP contribution in [0.4, 0.5) is 17.1 Å². The Morgan fingerprint density at radius 2 is 1.92 bits per heavy atom. The number of hydrogen-bond acceptors (Lipinski definition) is 8. The second-order valence-corrected chi connectivity index (χ2v) is 4.81. The zero-order chi connectivity index (χ0) is 19.1. The van der Waals surface area contributed by atoms with E-state index in [1.54, 1.807) is 24.3 Å². The highest BCUT2D eigenvalue weighted by Crippen LogP contribution is 2.29. The van der Waals surface area contributed by atoms with Crippen molar-refractivity contribution in [3.8, 4) is 5.75 Å². The number of non-ortho nitro benzene ring substituents is 1. The van der Waals surface area contributed by atoms with Gasteiger partial charge in [0.2, 0.25) is 0 Å². The Hall–Kier alpha value is -4.02. The summed E-state index contributed by atoms with van der Waals surface area (Å²) in [6.07, 6.45) is 1.28. The highest BCUT2D eigenvalue weighted by Gasteiger charge is 2.19. The normalized spacial score (nSPS) is 10.5. The van der Waals surface area contributed by atoms with E-state index in [9.17, 15) is 25.0 Å². The van der Waals surface area contributed by atoms with E-state index in [4.69, 9.17) is 9.84 Å². The van der Waals surface area contributed by atoms with Crippen molar-refractivity contribution in [1.29, 1.82) is 0 Å². The Morgan fingerprint density at radius 3 is 2.58 bits per heavy atom. The van der Waals surface area contributed by atoms with Gasteiger partial charge in [-0.3, -0.25) is 25.7 Å². The fraction of sp³-hybridized carbons (Fsp3) is 0.0667. The van der Waals surface area contributed by atoms with Crippen LogP contribution >= 0.6 is 0 Å². The summed E-state index contributed by atoms with van der Waals surface area (Å²) >= 11 is 0. The maximum absolute atomic E-state index is 11.0. The monoisotopic (exact) mass is 360 g/mol. The van der Waals surface area contributed by atoms with Gasteiger partial charge < -0.3 is 9.84 Å². The molecular formula is C15H12N4O7. The minimum Gasteiger partial charge on any atom is -0.481 e. The van der Waals surface area contributed by atoms with Gasteiger partial charge in [0.1, 0.15) is 11.4 Å². The van der Waals surface area contributed by atoms with E-state index in [1.165, 1.54) is 12.3 Å². The number of benzene rings is 2. The van der Waals surface area contributed by atoms with Crippen LogP contribution in [0.15, 0.2) is 47.6 Å². The summed E-state index contributed by atoms with van der Waals surface area (Å²) < 4.78 is 5.10. The first-order valence-electron chi connectivity index (χ1n) is 7.04. The summed E-state index contributed by atoms with van der Waals surface area (Å²) in [4.78, 5) is 30.8. The number of anilines is 1. The van der Waals surface area contributed by atoms with Gasteiger partial charge in [-0.15, -0.1) is 0 Å². The molecule has 11 nitrogen and oxygen atoms in total. The quantitative estimate of drug-likeness (QED) is 0.412. The van der Waals surface area contributed by atoms with Crippen LogP contribution in [0.5, 0.6) is 5.75 Å². The van der Waals surface area contributed by atoms with E-state index >= 15 is 0 Å². The second kappa shape index (κ2) is 8.19. The first-order valence-corrected chi connectivity index (χ1v) is 7.04. The third kappa shape index (κ3) is 4.74. The number of ether oxygens (including phenoxy) is 1. The first-order chi connectivity index (χ1) is 12.4. The van der Waals surface area contributed by atoms with Crippen molar-refractivity contribution in [2.45, 2.75) is 0 Å². The average molecular weight is 360 g/mol. The minimum absolute atomic E-state index is 0.0409. The molecule has 0 saturated carbocycles. The summed E-state index contributed by atoms with van der Waals surface area (Å²) in [6, 6.07) is 9.55. The molecule has 2 rings (SSSR count). The average Bonchev–Trinajstić information content (AvgIpc) is 2.60.